The highest BCUT2D eigenvalue weighted by atomic mass is 32.1. The van der Waals surface area contributed by atoms with Gasteiger partial charge >= 0.3 is 6.18 Å². The predicted octanol–water partition coefficient (Wildman–Crippen LogP) is 9.72. The Labute approximate surface area is 426 Å². The van der Waals surface area contributed by atoms with Gasteiger partial charge in [0.05, 0.1) is 52.0 Å². The van der Waals surface area contributed by atoms with E-state index in [-0.39, 0.29) is 55.1 Å². The number of nitrogens with zero attached hydrogens (tertiary/aromatic N) is 5. The Morgan fingerprint density at radius 3 is 2.18 bits per heavy atom. The molecule has 5 aromatic rings. The molecule has 2 N–H and O–H groups in total. The van der Waals surface area contributed by atoms with Crippen LogP contribution in [-0.2, 0) is 30.1 Å². The molecule has 2 aliphatic heterocycles. The van der Waals surface area contributed by atoms with Crippen LogP contribution in [-0.4, -0.2) is 93.7 Å². The summed E-state index contributed by atoms with van der Waals surface area (Å²) in [5.74, 6) is -1.02. The maximum atomic E-state index is 14.1. The van der Waals surface area contributed by atoms with Crippen molar-refractivity contribution in [1.29, 1.82) is 5.26 Å². The van der Waals surface area contributed by atoms with Crippen LogP contribution in [0.25, 0.3) is 21.6 Å². The number of alkyl halides is 3. The fourth-order valence-electron chi connectivity index (χ4n) is 8.94. The van der Waals surface area contributed by atoms with Gasteiger partial charge in [-0.3, -0.25) is 29.1 Å². The van der Waals surface area contributed by atoms with Crippen molar-refractivity contribution in [1.82, 2.24) is 15.2 Å². The van der Waals surface area contributed by atoms with Gasteiger partial charge < -0.3 is 29.7 Å². The highest BCUT2D eigenvalue weighted by Crippen LogP contribution is 2.40. The lowest BCUT2D eigenvalue weighted by Crippen LogP contribution is -2.57. The molecule has 18 heteroatoms. The van der Waals surface area contributed by atoms with Gasteiger partial charge in [0.2, 0.25) is 11.8 Å². The zero-order valence-electron chi connectivity index (χ0n) is 40.9. The van der Waals surface area contributed by atoms with Crippen LogP contribution >= 0.6 is 23.6 Å². The minimum atomic E-state index is -4.80. The number of anilines is 2. The first-order valence-corrected chi connectivity index (χ1v) is 24.9. The van der Waals surface area contributed by atoms with Gasteiger partial charge in [-0.25, -0.2) is 0 Å². The minimum Gasteiger partial charge on any atom is -0.494 e. The number of rotatable bonds is 18. The van der Waals surface area contributed by atoms with Crippen molar-refractivity contribution in [2.24, 2.45) is 5.41 Å². The van der Waals surface area contributed by atoms with Crippen molar-refractivity contribution in [2.75, 3.05) is 36.2 Å². The summed E-state index contributed by atoms with van der Waals surface area (Å²) in [5.41, 5.74) is 2.40. The van der Waals surface area contributed by atoms with E-state index in [2.05, 4.69) is 10.3 Å². The molecule has 0 unspecified atom stereocenters. The van der Waals surface area contributed by atoms with E-state index in [1.54, 1.807) is 53.8 Å². The summed E-state index contributed by atoms with van der Waals surface area (Å²) in [5, 5.41) is 22.7. The fraction of sp³-hybridized carbons (Fsp3) is 0.389. The summed E-state index contributed by atoms with van der Waals surface area (Å²) in [4.78, 5) is 63.8. The van der Waals surface area contributed by atoms with Crippen LogP contribution in [0.1, 0.15) is 89.8 Å². The zero-order chi connectivity index (χ0) is 52.1. The lowest BCUT2D eigenvalue weighted by molar-refractivity contribution is -0.144. The number of ether oxygens (including phenoxy) is 2. The van der Waals surface area contributed by atoms with Gasteiger partial charge in [0, 0.05) is 37.9 Å². The van der Waals surface area contributed by atoms with Gasteiger partial charge in [0.15, 0.2) is 10.9 Å². The molecule has 72 heavy (non-hydrogen) atoms. The third-order valence-electron chi connectivity index (χ3n) is 12.9. The molecule has 2 fully saturated rings. The number of unbranched alkanes of at least 4 members (excludes halogenated alkanes) is 1. The second-order valence-corrected chi connectivity index (χ2v) is 20.9. The maximum Gasteiger partial charge on any atom is 0.417 e. The molecule has 0 radical (unpaired) electrons. The number of nitrogens with one attached hydrogen (secondary N) is 1. The molecule has 13 nitrogen and oxygen atoms in total. The van der Waals surface area contributed by atoms with Gasteiger partial charge in [0.1, 0.15) is 23.9 Å². The number of amides is 3. The number of aromatic nitrogens is 1. The van der Waals surface area contributed by atoms with E-state index in [4.69, 9.17) is 21.7 Å². The molecule has 0 spiro atoms. The summed E-state index contributed by atoms with van der Waals surface area (Å²) in [7, 11) is 0. The molecule has 3 heterocycles. The summed E-state index contributed by atoms with van der Waals surface area (Å²) in [6, 6.07) is 25.6. The molecule has 4 aromatic carbocycles. The van der Waals surface area contributed by atoms with Crippen LogP contribution in [0.4, 0.5) is 24.5 Å². The Bertz CT molecular complexity index is 2810. The third kappa shape index (κ3) is 12.0. The Morgan fingerprint density at radius 2 is 1.57 bits per heavy atom. The maximum absolute atomic E-state index is 14.1. The number of ketones is 1. The number of aliphatic hydroxyl groups excluding tert-OH is 1. The molecule has 378 valence electrons. The normalized spacial score (nSPS) is 17.7. The molecule has 0 bridgehead atoms. The van der Waals surface area contributed by atoms with Crippen molar-refractivity contribution >= 4 is 63.5 Å². The first-order valence-electron chi connectivity index (χ1n) is 23.6. The molecule has 2 aliphatic rings. The largest absolute Gasteiger partial charge is 0.494 e. The summed E-state index contributed by atoms with van der Waals surface area (Å²) in [6.45, 7) is 11.2. The van der Waals surface area contributed by atoms with Gasteiger partial charge in [0.25, 0.3) is 5.91 Å². The SMILES string of the molecule is C[C@H](CC(=O)[C@@H]1C[C@@H](O)CN1C(=O)[C@@H](NC(=O)COCCCCOc1ccc(-c2ccc(N3C(=S)N(c4ccc(C#N)c(C(F)(F)F)c4)C(=O)C3(C)C)cc2)cc1)C(C)(C)C)c1ccc(-c2cncs2)cc1. The highest BCUT2D eigenvalue weighted by molar-refractivity contribution is 7.81. The second-order valence-electron chi connectivity index (χ2n) is 19.7. The van der Waals surface area contributed by atoms with Crippen LogP contribution in [0, 0.1) is 16.7 Å². The van der Waals surface area contributed by atoms with Gasteiger partial charge in [-0.05, 0) is 115 Å². The van der Waals surface area contributed by atoms with Crippen molar-refractivity contribution in [3.8, 4) is 33.4 Å². The number of aliphatic hydroxyl groups is 1. The first kappa shape index (κ1) is 53.3. The number of hydrogen-bond donors (Lipinski definition) is 2. The number of hydrogen-bond acceptors (Lipinski definition) is 11. The smallest absolute Gasteiger partial charge is 0.417 e. The van der Waals surface area contributed by atoms with E-state index in [0.717, 1.165) is 44.2 Å². The number of benzene rings is 4. The standard InChI is InChI=1S/C54H57F3N6O7S2/c1-33(34-9-11-37(12-10-34)46-29-59-32-72-46)25-45(65)44-27-41(64)30-61(44)49(67)48(52(2,3)4)60-47(66)31-69-23-7-8-24-70-42-21-16-36(17-22-42)35-13-18-39(19-14-35)63-51(71)62(50(68)53(63,5)6)40-20-15-38(28-58)43(26-40)54(55,56)57/h9-22,26,29,32-33,41,44,48,64H,7-8,23-25,27,30-31H2,1-6H3,(H,60,66)/t33-,41-,44+,48-/m1/s1. The number of Topliss-reactive ketones (excluding diaryl/α,β-unsaturated/α-hetero) is 1. The highest BCUT2D eigenvalue weighted by Gasteiger charge is 2.51. The molecule has 4 atom stereocenters. The van der Waals surface area contributed by atoms with E-state index in [0.29, 0.717) is 30.9 Å². The molecule has 3 amide bonds. The second kappa shape index (κ2) is 22.1. The Hall–Kier alpha value is -6.52. The van der Waals surface area contributed by atoms with Gasteiger partial charge in [-0.1, -0.05) is 76.2 Å². The summed E-state index contributed by atoms with van der Waals surface area (Å²) in [6.07, 6.45) is -2.29. The number of halogens is 3. The van der Waals surface area contributed by atoms with Crippen LogP contribution in [0.2, 0.25) is 0 Å². The Morgan fingerprint density at radius 1 is 0.944 bits per heavy atom. The number of carbonyl (C=O) groups excluding carboxylic acids is 4. The predicted molar refractivity (Wildman–Crippen MR) is 273 cm³/mol. The number of carbonyl (C=O) groups is 4. The van der Waals surface area contributed by atoms with E-state index < -0.39 is 64.2 Å². The molecular formula is C54H57F3N6O7S2. The Kier molecular flexibility index (Phi) is 16.3. The number of thiazole rings is 1. The minimum absolute atomic E-state index is 0.000521. The average Bonchev–Trinajstić information content (AvgIpc) is 4.07. The van der Waals surface area contributed by atoms with Gasteiger partial charge in [-0.15, -0.1) is 11.3 Å². The van der Waals surface area contributed by atoms with Crippen LogP contribution in [0.5, 0.6) is 5.75 Å². The molecule has 7 rings (SSSR count). The first-order chi connectivity index (χ1) is 34.1. The summed E-state index contributed by atoms with van der Waals surface area (Å²) < 4.78 is 52.9. The topological polar surface area (TPSA) is 165 Å². The van der Waals surface area contributed by atoms with Crippen LogP contribution in [0.15, 0.2) is 103 Å². The van der Waals surface area contributed by atoms with E-state index >= 15 is 0 Å². The number of β-amino-alcohol motifs (C(OH)–C–C–N with tert-alkyl or cyclic N) is 1. The molecule has 2 saturated heterocycles. The van der Waals surface area contributed by atoms with E-state index in [1.165, 1.54) is 11.0 Å². The van der Waals surface area contributed by atoms with Crippen LogP contribution < -0.4 is 19.9 Å². The number of likely N-dealkylation sites (tertiary alicyclic amines) is 1. The zero-order valence-corrected chi connectivity index (χ0v) is 42.5. The molecule has 0 aliphatic carbocycles. The number of nitriles is 1. The van der Waals surface area contributed by atoms with Crippen molar-refractivity contribution < 1.29 is 46.9 Å². The lowest BCUT2D eigenvalue weighted by Gasteiger charge is -2.35. The molecular weight excluding hydrogens is 966 g/mol. The average molecular weight is 1020 g/mol. The summed E-state index contributed by atoms with van der Waals surface area (Å²) >= 11 is 7.22. The fourth-order valence-corrected chi connectivity index (χ4v) is 10.1. The van der Waals surface area contributed by atoms with Crippen molar-refractivity contribution in [3.63, 3.8) is 0 Å². The Balaban J connectivity index is 0.847. The number of thiocarbonyl (C=S) groups is 1. The molecule has 1 aromatic heterocycles. The van der Waals surface area contributed by atoms with E-state index in [9.17, 15) is 42.7 Å². The van der Waals surface area contributed by atoms with Crippen LogP contribution in [0.3, 0.4) is 0 Å². The van der Waals surface area contributed by atoms with Crippen molar-refractivity contribution in [2.45, 2.75) is 103 Å². The van der Waals surface area contributed by atoms with Gasteiger partial charge in [-0.2, -0.15) is 18.4 Å². The molecule has 0 saturated carbocycles. The third-order valence-corrected chi connectivity index (χ3v) is 14.1. The quantitative estimate of drug-likeness (QED) is 0.0634. The van der Waals surface area contributed by atoms with Crippen molar-refractivity contribution in [3.05, 3.63) is 119 Å². The lowest BCUT2D eigenvalue weighted by atomic mass is 9.85. The monoisotopic (exact) mass is 1020 g/mol. The van der Waals surface area contributed by atoms with E-state index in [1.807, 2.05) is 94.6 Å².